The molecule has 30 heavy (non-hydrogen) atoms. The minimum Gasteiger partial charge on any atom is -0.365 e. The van der Waals surface area contributed by atoms with Gasteiger partial charge in [0.05, 0.1) is 16.3 Å². The van der Waals surface area contributed by atoms with Crippen LogP contribution in [0.15, 0.2) is 34.5 Å². The Kier molecular flexibility index (Phi) is 8.74. The smallest absolute Gasteiger partial charge is 0.365 e. The van der Waals surface area contributed by atoms with Gasteiger partial charge in [-0.2, -0.15) is 13.2 Å². The van der Waals surface area contributed by atoms with E-state index >= 15 is 0 Å². The number of alkyl halides is 5. The number of rotatable bonds is 6. The quantitative estimate of drug-likeness (QED) is 0.244. The molecule has 1 aromatic carbocycles. The van der Waals surface area contributed by atoms with Crippen LogP contribution in [0.1, 0.15) is 22.7 Å². The molecule has 1 N–H and O–H groups in total. The molecule has 0 fully saturated rings. The van der Waals surface area contributed by atoms with Crippen LogP contribution in [0.2, 0.25) is 0 Å². The van der Waals surface area contributed by atoms with Gasteiger partial charge in [-0.05, 0) is 36.4 Å². The van der Waals surface area contributed by atoms with Crippen molar-refractivity contribution >= 4 is 45.9 Å². The first-order valence-electron chi connectivity index (χ1n) is 8.30. The fourth-order valence-electron chi connectivity index (χ4n) is 2.16. The van der Waals surface area contributed by atoms with Crippen LogP contribution in [0.3, 0.4) is 0 Å². The number of aldehydes is 1. The third kappa shape index (κ3) is 7.33. The van der Waals surface area contributed by atoms with Crippen molar-refractivity contribution in [1.29, 1.82) is 0 Å². The van der Waals surface area contributed by atoms with Crippen molar-refractivity contribution in [2.75, 3.05) is 12.4 Å². The monoisotopic (exact) mass is 481 g/mol. The summed E-state index contributed by atoms with van der Waals surface area (Å²) in [5.74, 6) is 0. The normalized spacial score (nSPS) is 11.2. The number of carbonyl (C=O) groups is 1. The lowest BCUT2D eigenvalue weighted by Gasteiger charge is -2.05. The summed E-state index contributed by atoms with van der Waals surface area (Å²) < 4.78 is 60.6. The molecule has 3 aromatic rings. The number of nitrogens with zero attached hydrogens (tertiary/aromatic N) is 2. The Labute approximate surface area is 181 Å². The first kappa shape index (κ1) is 24.2. The average Bonchev–Trinajstić information content (AvgIpc) is 3.29. The van der Waals surface area contributed by atoms with E-state index in [-0.39, 0.29) is 28.1 Å². The van der Waals surface area contributed by atoms with E-state index < -0.39 is 11.9 Å². The second-order valence-corrected chi connectivity index (χ2v) is 8.64. The van der Waals surface area contributed by atoms with Crippen molar-refractivity contribution in [3.63, 3.8) is 0 Å². The summed E-state index contributed by atoms with van der Waals surface area (Å²) in [6.07, 6.45) is -1.57. The molecule has 0 aliphatic rings. The first-order chi connectivity index (χ1) is 14.1. The molecule has 0 unspecified atom stereocenters. The topological polar surface area (TPSA) is 54.9 Å². The molecule has 0 atom stereocenters. The Morgan fingerprint density at radius 2 is 1.87 bits per heavy atom. The standard InChI is InChI=1S/C9H7F3OS.C9H9F2N3S2/c10-9(11,12)14-8-3-1-7(2-4-8)5-6-13;1-4-6(16-8(13-4)7(10)11)5-3-15-9(12-2)14-5/h1-4,6H,5H2;3,7H,1-2H3,(H,12,14). The minimum absolute atomic E-state index is 0.132. The molecular weight excluding hydrogens is 465 g/mol. The molecule has 0 saturated heterocycles. The van der Waals surface area contributed by atoms with Gasteiger partial charge in [-0.3, -0.25) is 0 Å². The second-order valence-electron chi connectivity index (χ2n) is 5.62. The molecule has 0 saturated carbocycles. The lowest BCUT2D eigenvalue weighted by molar-refractivity contribution is -0.107. The molecule has 0 radical (unpaired) electrons. The lowest BCUT2D eigenvalue weighted by Crippen LogP contribution is -1.98. The summed E-state index contributed by atoms with van der Waals surface area (Å²) in [6, 6.07) is 5.75. The Morgan fingerprint density at radius 1 is 1.20 bits per heavy atom. The maximum Gasteiger partial charge on any atom is 0.446 e. The van der Waals surface area contributed by atoms with Gasteiger partial charge in [0.2, 0.25) is 0 Å². The summed E-state index contributed by atoms with van der Waals surface area (Å²) in [6.45, 7) is 1.72. The summed E-state index contributed by atoms with van der Waals surface area (Å²) in [5.41, 5.74) is -2.23. The number of aryl methyl sites for hydroxylation is 1. The van der Waals surface area contributed by atoms with E-state index in [0.717, 1.165) is 16.5 Å². The third-order valence-corrected chi connectivity index (χ3v) is 6.21. The SMILES string of the molecule is CNc1nc(-c2sc(C(F)F)nc2C)cs1.O=CCc1ccc(SC(F)(F)F)cc1. The number of hydrogen-bond donors (Lipinski definition) is 1. The number of halogens is 5. The van der Waals surface area contributed by atoms with Gasteiger partial charge in [0, 0.05) is 23.7 Å². The first-order valence-corrected chi connectivity index (χ1v) is 10.8. The molecule has 2 heterocycles. The van der Waals surface area contributed by atoms with Crippen LogP contribution in [0, 0.1) is 6.92 Å². The Bertz CT molecular complexity index is 955. The van der Waals surface area contributed by atoms with Crippen LogP contribution in [0.25, 0.3) is 10.6 Å². The summed E-state index contributed by atoms with van der Waals surface area (Å²) in [7, 11) is 1.77. The number of hydrogen-bond acceptors (Lipinski definition) is 7. The highest BCUT2D eigenvalue weighted by molar-refractivity contribution is 8.00. The number of aromatic nitrogens is 2. The van der Waals surface area contributed by atoms with E-state index in [1.807, 2.05) is 5.38 Å². The van der Waals surface area contributed by atoms with Crippen LogP contribution in [0.4, 0.5) is 27.1 Å². The Balaban J connectivity index is 0.000000216. The van der Waals surface area contributed by atoms with Crippen molar-refractivity contribution in [3.05, 3.63) is 45.9 Å². The zero-order valence-electron chi connectivity index (χ0n) is 15.7. The van der Waals surface area contributed by atoms with Gasteiger partial charge in [-0.15, -0.1) is 22.7 Å². The number of anilines is 1. The van der Waals surface area contributed by atoms with Crippen LogP contribution in [-0.4, -0.2) is 28.8 Å². The van der Waals surface area contributed by atoms with E-state index in [1.165, 1.54) is 35.6 Å². The van der Waals surface area contributed by atoms with Crippen LogP contribution in [-0.2, 0) is 11.2 Å². The fourth-order valence-corrected chi connectivity index (χ4v) is 4.32. The highest BCUT2D eigenvalue weighted by Crippen LogP contribution is 2.37. The number of benzene rings is 1. The van der Waals surface area contributed by atoms with Gasteiger partial charge in [-0.25, -0.2) is 18.7 Å². The van der Waals surface area contributed by atoms with Crippen LogP contribution in [0.5, 0.6) is 0 Å². The van der Waals surface area contributed by atoms with Gasteiger partial charge >= 0.3 is 5.51 Å². The average molecular weight is 482 g/mol. The van der Waals surface area contributed by atoms with Gasteiger partial charge in [0.25, 0.3) is 6.43 Å². The number of thioether (sulfide) groups is 1. The summed E-state index contributed by atoms with van der Waals surface area (Å²) >= 11 is 2.28. The highest BCUT2D eigenvalue weighted by Gasteiger charge is 2.28. The third-order valence-electron chi connectivity index (χ3n) is 3.43. The fraction of sp³-hybridized carbons (Fsp3) is 0.278. The zero-order chi connectivity index (χ0) is 22.3. The number of carbonyl (C=O) groups excluding carboxylic acids is 1. The molecule has 4 nitrogen and oxygen atoms in total. The lowest BCUT2D eigenvalue weighted by atomic mass is 10.2. The van der Waals surface area contributed by atoms with Crippen molar-refractivity contribution < 1.29 is 26.7 Å². The van der Waals surface area contributed by atoms with Gasteiger partial charge < -0.3 is 10.1 Å². The maximum atomic E-state index is 12.5. The molecule has 162 valence electrons. The molecule has 0 amide bonds. The maximum absolute atomic E-state index is 12.5. The summed E-state index contributed by atoms with van der Waals surface area (Å²) in [5, 5.41) is 5.36. The number of nitrogens with one attached hydrogen (secondary N) is 1. The van der Waals surface area contributed by atoms with Crippen molar-refractivity contribution in [3.8, 4) is 10.6 Å². The highest BCUT2D eigenvalue weighted by atomic mass is 32.2. The number of thiazole rings is 2. The van der Waals surface area contributed by atoms with Crippen molar-refractivity contribution in [1.82, 2.24) is 9.97 Å². The molecule has 12 heteroatoms. The van der Waals surface area contributed by atoms with Gasteiger partial charge in [0.15, 0.2) is 10.1 Å². The summed E-state index contributed by atoms with van der Waals surface area (Å²) in [4.78, 5) is 19.0. The van der Waals surface area contributed by atoms with E-state index in [9.17, 15) is 26.7 Å². The minimum atomic E-state index is -4.26. The Hall–Kier alpha value is -2.05. The van der Waals surface area contributed by atoms with E-state index in [0.29, 0.717) is 28.1 Å². The molecular formula is C18H16F5N3OS3. The van der Waals surface area contributed by atoms with Crippen LogP contribution >= 0.6 is 34.4 Å². The van der Waals surface area contributed by atoms with Crippen molar-refractivity contribution in [2.45, 2.75) is 30.2 Å². The molecule has 0 spiro atoms. The van der Waals surface area contributed by atoms with Crippen molar-refractivity contribution in [2.24, 2.45) is 0 Å². The van der Waals surface area contributed by atoms with E-state index in [4.69, 9.17) is 0 Å². The van der Waals surface area contributed by atoms with E-state index in [2.05, 4.69) is 15.3 Å². The molecule has 0 aliphatic heterocycles. The van der Waals surface area contributed by atoms with Crippen LogP contribution < -0.4 is 5.32 Å². The second kappa shape index (κ2) is 10.8. The van der Waals surface area contributed by atoms with E-state index in [1.54, 1.807) is 14.0 Å². The van der Waals surface area contributed by atoms with Gasteiger partial charge in [0.1, 0.15) is 6.29 Å². The predicted molar refractivity (Wildman–Crippen MR) is 111 cm³/mol. The molecule has 2 aromatic heterocycles. The largest absolute Gasteiger partial charge is 0.446 e. The molecule has 0 bridgehead atoms. The molecule has 3 rings (SSSR count). The zero-order valence-corrected chi connectivity index (χ0v) is 18.1. The van der Waals surface area contributed by atoms with Gasteiger partial charge in [-0.1, -0.05) is 12.1 Å². The molecule has 0 aliphatic carbocycles. The predicted octanol–water partition coefficient (Wildman–Crippen LogP) is 6.59. The Morgan fingerprint density at radius 3 is 2.33 bits per heavy atom.